The predicted octanol–water partition coefficient (Wildman–Crippen LogP) is 2.45. The average Bonchev–Trinajstić information content (AvgIpc) is 3.11. The molecule has 0 unspecified atom stereocenters. The number of fused-ring (bicyclic) bond motifs is 1. The molecule has 3 fully saturated rings. The summed E-state index contributed by atoms with van der Waals surface area (Å²) in [6.45, 7) is 4.68. The smallest absolute Gasteiger partial charge is 0.220 e. The zero-order valence-corrected chi connectivity index (χ0v) is 16.3. The minimum absolute atomic E-state index is 0.216. The zero-order chi connectivity index (χ0) is 18.6. The molecule has 1 saturated carbocycles. The van der Waals surface area contributed by atoms with Gasteiger partial charge in [0, 0.05) is 44.6 Å². The van der Waals surface area contributed by atoms with Crippen molar-refractivity contribution in [1.82, 2.24) is 10.2 Å². The third-order valence-electron chi connectivity index (χ3n) is 6.64. The standard InChI is InChI=1S/C22H32N2O3/c1-26-15-19-21(18-9-12-27-22(18)19)23-20(25)13-16-7-10-24(11-8-16)14-17-5-3-2-4-6-17/h2-6,16,18-19,21-22H,7-15H2,1H3,(H,23,25)/t18-,19+,21+,22-/m1/s1. The number of methoxy groups -OCH3 is 1. The van der Waals surface area contributed by atoms with Crippen LogP contribution in [0.25, 0.3) is 0 Å². The van der Waals surface area contributed by atoms with Crippen molar-refractivity contribution >= 4 is 5.91 Å². The van der Waals surface area contributed by atoms with E-state index in [0.717, 1.165) is 45.5 Å². The Hall–Kier alpha value is -1.43. The molecule has 2 aliphatic heterocycles. The van der Waals surface area contributed by atoms with Crippen molar-refractivity contribution < 1.29 is 14.3 Å². The van der Waals surface area contributed by atoms with Gasteiger partial charge in [0.05, 0.1) is 12.7 Å². The molecule has 3 aliphatic rings. The summed E-state index contributed by atoms with van der Waals surface area (Å²) in [6.07, 6.45) is 4.24. The van der Waals surface area contributed by atoms with Gasteiger partial charge in [-0.05, 0) is 43.8 Å². The Bertz CT molecular complexity index is 615. The molecule has 5 heteroatoms. The van der Waals surface area contributed by atoms with Gasteiger partial charge in [-0.1, -0.05) is 30.3 Å². The van der Waals surface area contributed by atoms with Crippen molar-refractivity contribution in [1.29, 1.82) is 0 Å². The number of amides is 1. The number of nitrogens with zero attached hydrogens (tertiary/aromatic N) is 1. The second-order valence-electron chi connectivity index (χ2n) is 8.41. The van der Waals surface area contributed by atoms with E-state index in [1.807, 2.05) is 0 Å². The molecule has 148 valence electrons. The summed E-state index contributed by atoms with van der Waals surface area (Å²) in [4.78, 5) is 15.1. The lowest BCUT2D eigenvalue weighted by Crippen LogP contribution is -2.62. The van der Waals surface area contributed by atoms with Crippen LogP contribution in [0.3, 0.4) is 0 Å². The molecule has 1 N–H and O–H groups in total. The summed E-state index contributed by atoms with van der Waals surface area (Å²) in [6, 6.07) is 10.9. The second-order valence-corrected chi connectivity index (χ2v) is 8.41. The Morgan fingerprint density at radius 2 is 2.00 bits per heavy atom. The number of hydrogen-bond donors (Lipinski definition) is 1. The van der Waals surface area contributed by atoms with Gasteiger partial charge in [-0.2, -0.15) is 0 Å². The summed E-state index contributed by atoms with van der Waals surface area (Å²) < 4.78 is 11.1. The summed E-state index contributed by atoms with van der Waals surface area (Å²) in [5, 5.41) is 3.31. The van der Waals surface area contributed by atoms with Crippen molar-refractivity contribution in [2.24, 2.45) is 17.8 Å². The lowest BCUT2D eigenvalue weighted by Gasteiger charge is -2.47. The molecule has 1 aliphatic carbocycles. The van der Waals surface area contributed by atoms with E-state index in [4.69, 9.17) is 9.47 Å². The Labute approximate surface area is 162 Å². The van der Waals surface area contributed by atoms with Gasteiger partial charge >= 0.3 is 0 Å². The van der Waals surface area contributed by atoms with E-state index in [2.05, 4.69) is 40.5 Å². The first kappa shape index (κ1) is 18.9. The van der Waals surface area contributed by atoms with Gasteiger partial charge < -0.3 is 14.8 Å². The molecule has 0 radical (unpaired) electrons. The van der Waals surface area contributed by atoms with Crippen LogP contribution in [0.15, 0.2) is 30.3 Å². The van der Waals surface area contributed by atoms with Gasteiger partial charge in [0.2, 0.25) is 5.91 Å². The molecule has 4 atom stereocenters. The molecule has 27 heavy (non-hydrogen) atoms. The minimum Gasteiger partial charge on any atom is -0.384 e. The monoisotopic (exact) mass is 372 g/mol. The normalized spacial score (nSPS) is 31.3. The Balaban J connectivity index is 1.20. The third kappa shape index (κ3) is 4.36. The fourth-order valence-electron chi connectivity index (χ4n) is 5.13. The van der Waals surface area contributed by atoms with Gasteiger partial charge in [-0.3, -0.25) is 9.69 Å². The van der Waals surface area contributed by atoms with Gasteiger partial charge in [0.25, 0.3) is 0 Å². The highest BCUT2D eigenvalue weighted by molar-refractivity contribution is 5.76. The number of likely N-dealkylation sites (tertiary alicyclic amines) is 1. The highest BCUT2D eigenvalue weighted by Gasteiger charge is 2.54. The predicted molar refractivity (Wildman–Crippen MR) is 104 cm³/mol. The van der Waals surface area contributed by atoms with Crippen molar-refractivity contribution in [2.75, 3.05) is 33.4 Å². The van der Waals surface area contributed by atoms with E-state index in [-0.39, 0.29) is 18.1 Å². The average molecular weight is 373 g/mol. The molecule has 1 aromatic rings. The van der Waals surface area contributed by atoms with Crippen LogP contribution in [0.4, 0.5) is 0 Å². The van der Waals surface area contributed by atoms with E-state index in [0.29, 0.717) is 30.8 Å². The van der Waals surface area contributed by atoms with Crippen LogP contribution in [0, 0.1) is 17.8 Å². The SMILES string of the molecule is COC[C@H]1[C@@H](NC(=O)CC2CCN(Cc3ccccc3)CC2)[C@H]2CCO[C@H]21. The molecule has 2 heterocycles. The summed E-state index contributed by atoms with van der Waals surface area (Å²) in [5.74, 6) is 1.53. The van der Waals surface area contributed by atoms with Crippen molar-refractivity contribution in [3.8, 4) is 0 Å². The lowest BCUT2D eigenvalue weighted by atomic mass is 9.67. The molecular formula is C22H32N2O3. The highest BCUT2D eigenvalue weighted by Crippen LogP contribution is 2.43. The van der Waals surface area contributed by atoms with Crippen molar-refractivity contribution in [3.05, 3.63) is 35.9 Å². The Morgan fingerprint density at radius 3 is 2.74 bits per heavy atom. The minimum atomic E-state index is 0.216. The van der Waals surface area contributed by atoms with Crippen LogP contribution in [0.2, 0.25) is 0 Å². The van der Waals surface area contributed by atoms with Gasteiger partial charge in [0.1, 0.15) is 0 Å². The van der Waals surface area contributed by atoms with E-state index < -0.39 is 0 Å². The number of carbonyl (C=O) groups excluding carboxylic acids is 1. The van der Waals surface area contributed by atoms with Crippen LogP contribution in [-0.4, -0.2) is 56.4 Å². The Kier molecular flexibility index (Phi) is 6.11. The van der Waals surface area contributed by atoms with Gasteiger partial charge in [0.15, 0.2) is 0 Å². The van der Waals surface area contributed by atoms with Crippen LogP contribution in [-0.2, 0) is 20.8 Å². The maximum Gasteiger partial charge on any atom is 0.220 e. The van der Waals surface area contributed by atoms with Crippen LogP contribution in [0.1, 0.15) is 31.2 Å². The van der Waals surface area contributed by atoms with Crippen LogP contribution < -0.4 is 5.32 Å². The highest BCUT2D eigenvalue weighted by atomic mass is 16.5. The molecule has 5 nitrogen and oxygen atoms in total. The largest absolute Gasteiger partial charge is 0.384 e. The molecule has 0 spiro atoms. The second kappa shape index (κ2) is 8.72. The number of nitrogens with one attached hydrogen (secondary N) is 1. The van der Waals surface area contributed by atoms with Crippen LogP contribution >= 0.6 is 0 Å². The van der Waals surface area contributed by atoms with Crippen molar-refractivity contribution in [2.45, 2.75) is 44.4 Å². The third-order valence-corrected chi connectivity index (χ3v) is 6.64. The van der Waals surface area contributed by atoms with E-state index in [1.165, 1.54) is 5.56 Å². The lowest BCUT2D eigenvalue weighted by molar-refractivity contribution is -0.131. The quantitative estimate of drug-likeness (QED) is 0.799. The first-order valence-electron chi connectivity index (χ1n) is 10.4. The summed E-state index contributed by atoms with van der Waals surface area (Å²) >= 11 is 0. The maximum atomic E-state index is 12.6. The summed E-state index contributed by atoms with van der Waals surface area (Å²) in [7, 11) is 1.73. The van der Waals surface area contributed by atoms with E-state index >= 15 is 0 Å². The number of rotatable bonds is 7. The molecule has 4 rings (SSSR count). The zero-order valence-electron chi connectivity index (χ0n) is 16.3. The van der Waals surface area contributed by atoms with Gasteiger partial charge in [-0.25, -0.2) is 0 Å². The van der Waals surface area contributed by atoms with E-state index in [1.54, 1.807) is 7.11 Å². The Morgan fingerprint density at radius 1 is 1.22 bits per heavy atom. The number of hydrogen-bond acceptors (Lipinski definition) is 4. The van der Waals surface area contributed by atoms with E-state index in [9.17, 15) is 4.79 Å². The van der Waals surface area contributed by atoms with Gasteiger partial charge in [-0.15, -0.1) is 0 Å². The molecule has 0 aromatic heterocycles. The fourth-order valence-corrected chi connectivity index (χ4v) is 5.13. The first-order valence-corrected chi connectivity index (χ1v) is 10.4. The molecule has 1 aromatic carbocycles. The molecular weight excluding hydrogens is 340 g/mol. The maximum absolute atomic E-state index is 12.6. The molecule has 1 amide bonds. The number of ether oxygens (including phenoxy) is 2. The fraction of sp³-hybridized carbons (Fsp3) is 0.682. The number of carbonyl (C=O) groups is 1. The number of benzene rings is 1. The molecule has 2 saturated heterocycles. The number of piperidine rings is 1. The summed E-state index contributed by atoms with van der Waals surface area (Å²) in [5.41, 5.74) is 1.37. The first-order chi connectivity index (χ1) is 13.2. The van der Waals surface area contributed by atoms with Crippen molar-refractivity contribution in [3.63, 3.8) is 0 Å². The topological polar surface area (TPSA) is 50.8 Å². The van der Waals surface area contributed by atoms with Crippen LogP contribution in [0.5, 0.6) is 0 Å². The molecule has 0 bridgehead atoms.